The van der Waals surface area contributed by atoms with Gasteiger partial charge in [0.2, 0.25) is 0 Å². The van der Waals surface area contributed by atoms with E-state index in [1.54, 1.807) is 0 Å². The number of anilines is 1. The maximum Gasteiger partial charge on any atom is 0.0474 e. The molecule has 1 saturated heterocycles. The molecule has 1 heterocycles. The maximum absolute atomic E-state index is 5.85. The van der Waals surface area contributed by atoms with Crippen LogP contribution in [-0.2, 0) is 5.88 Å². The fourth-order valence-electron chi connectivity index (χ4n) is 2.47. The third kappa shape index (κ3) is 2.70. The topological polar surface area (TPSA) is 3.24 Å². The molecule has 0 radical (unpaired) electrons. The summed E-state index contributed by atoms with van der Waals surface area (Å²) in [7, 11) is 0. The highest BCUT2D eigenvalue weighted by Gasteiger charge is 2.11. The van der Waals surface area contributed by atoms with Crippen LogP contribution in [0.3, 0.4) is 0 Å². The smallest absolute Gasteiger partial charge is 0.0474 e. The first-order chi connectivity index (χ1) is 7.81. The van der Waals surface area contributed by atoms with Gasteiger partial charge in [-0.2, -0.15) is 0 Å². The Morgan fingerprint density at radius 1 is 1.12 bits per heavy atom. The first-order valence-corrected chi connectivity index (χ1v) is 6.75. The first-order valence-electron chi connectivity index (χ1n) is 6.21. The van der Waals surface area contributed by atoms with E-state index in [1.807, 2.05) is 0 Å². The largest absolute Gasteiger partial charge is 0.371 e. The van der Waals surface area contributed by atoms with Crippen molar-refractivity contribution in [1.82, 2.24) is 0 Å². The minimum atomic E-state index is 0.612. The number of benzene rings is 1. The second-order valence-corrected chi connectivity index (χ2v) is 4.92. The molecule has 0 unspecified atom stereocenters. The summed E-state index contributed by atoms with van der Waals surface area (Å²) in [4.78, 5) is 2.53. The van der Waals surface area contributed by atoms with E-state index in [-0.39, 0.29) is 0 Å². The molecule has 1 fully saturated rings. The van der Waals surface area contributed by atoms with Crippen molar-refractivity contribution in [2.24, 2.45) is 0 Å². The number of alkyl halides is 1. The van der Waals surface area contributed by atoms with Gasteiger partial charge in [0.05, 0.1) is 0 Å². The summed E-state index contributed by atoms with van der Waals surface area (Å²) in [5.41, 5.74) is 3.98. The van der Waals surface area contributed by atoms with Crippen LogP contribution in [0.15, 0.2) is 18.2 Å². The van der Waals surface area contributed by atoms with Crippen molar-refractivity contribution in [2.45, 2.75) is 38.5 Å². The molecule has 2 rings (SSSR count). The molecule has 1 aliphatic heterocycles. The average molecular weight is 238 g/mol. The molecule has 0 amide bonds. The molecular formula is C14H20ClN. The molecular weight excluding hydrogens is 218 g/mol. The van der Waals surface area contributed by atoms with Crippen LogP contribution in [0.25, 0.3) is 0 Å². The van der Waals surface area contributed by atoms with Crippen LogP contribution in [-0.4, -0.2) is 13.1 Å². The Hall–Kier alpha value is -0.690. The third-order valence-electron chi connectivity index (χ3n) is 3.36. The Bertz CT molecular complexity index is 341. The van der Waals surface area contributed by atoms with E-state index in [0.29, 0.717) is 5.88 Å². The number of rotatable bonds is 2. The van der Waals surface area contributed by atoms with Gasteiger partial charge in [0.15, 0.2) is 0 Å². The second-order valence-electron chi connectivity index (χ2n) is 4.66. The summed E-state index contributed by atoms with van der Waals surface area (Å²) in [5, 5.41) is 0. The van der Waals surface area contributed by atoms with Crippen LogP contribution >= 0.6 is 11.6 Å². The lowest BCUT2D eigenvalue weighted by Crippen LogP contribution is -2.24. The van der Waals surface area contributed by atoms with Gasteiger partial charge >= 0.3 is 0 Å². The molecule has 1 aromatic carbocycles. The predicted octanol–water partition coefficient (Wildman–Crippen LogP) is 4.11. The predicted molar refractivity (Wildman–Crippen MR) is 71.4 cm³/mol. The van der Waals surface area contributed by atoms with E-state index < -0.39 is 0 Å². The molecule has 0 aromatic heterocycles. The molecule has 1 aromatic rings. The zero-order chi connectivity index (χ0) is 11.4. The lowest BCUT2D eigenvalue weighted by atomic mass is 10.1. The van der Waals surface area contributed by atoms with Crippen LogP contribution in [0.4, 0.5) is 5.69 Å². The maximum atomic E-state index is 5.85. The number of nitrogens with zero attached hydrogens (tertiary/aromatic N) is 1. The van der Waals surface area contributed by atoms with Gasteiger partial charge in [0.1, 0.15) is 0 Å². The molecule has 1 aliphatic rings. The molecule has 0 bridgehead atoms. The SMILES string of the molecule is Cc1cc(CCl)ccc1N1CCCCCC1. The minimum absolute atomic E-state index is 0.612. The number of hydrogen-bond acceptors (Lipinski definition) is 1. The summed E-state index contributed by atoms with van der Waals surface area (Å²) in [6.07, 6.45) is 5.43. The van der Waals surface area contributed by atoms with Gasteiger partial charge < -0.3 is 4.90 Å². The quantitative estimate of drug-likeness (QED) is 0.700. The monoisotopic (exact) mass is 237 g/mol. The Labute approximate surface area is 103 Å². The van der Waals surface area contributed by atoms with Crippen LogP contribution in [0, 0.1) is 6.92 Å². The van der Waals surface area contributed by atoms with Crippen molar-refractivity contribution in [2.75, 3.05) is 18.0 Å². The van der Waals surface area contributed by atoms with Gasteiger partial charge in [-0.1, -0.05) is 25.0 Å². The molecule has 0 saturated carbocycles. The molecule has 2 heteroatoms. The second kappa shape index (κ2) is 5.58. The molecule has 0 aliphatic carbocycles. The van der Waals surface area contributed by atoms with Gasteiger partial charge in [-0.25, -0.2) is 0 Å². The van der Waals surface area contributed by atoms with Crippen LogP contribution in [0.5, 0.6) is 0 Å². The van der Waals surface area contributed by atoms with Gasteiger partial charge in [-0.05, 0) is 37.0 Å². The van der Waals surface area contributed by atoms with Crippen molar-refractivity contribution in [3.63, 3.8) is 0 Å². The van der Waals surface area contributed by atoms with E-state index in [0.717, 1.165) is 0 Å². The zero-order valence-corrected chi connectivity index (χ0v) is 10.8. The molecule has 1 nitrogen and oxygen atoms in total. The van der Waals surface area contributed by atoms with Crippen molar-refractivity contribution in [1.29, 1.82) is 0 Å². The normalized spacial score (nSPS) is 17.2. The number of hydrogen-bond donors (Lipinski definition) is 0. The van der Waals surface area contributed by atoms with E-state index in [1.165, 1.54) is 55.6 Å². The fraction of sp³-hybridized carbons (Fsp3) is 0.571. The van der Waals surface area contributed by atoms with Crippen molar-refractivity contribution < 1.29 is 0 Å². The highest BCUT2D eigenvalue weighted by Crippen LogP contribution is 2.24. The first kappa shape index (κ1) is 11.8. The van der Waals surface area contributed by atoms with Crippen molar-refractivity contribution >= 4 is 17.3 Å². The standard InChI is InChI=1S/C14H20ClN/c1-12-10-13(11-15)6-7-14(12)16-8-4-2-3-5-9-16/h6-7,10H,2-5,8-9,11H2,1H3. The fourth-order valence-corrected chi connectivity index (χ4v) is 2.63. The molecule has 0 N–H and O–H groups in total. The Morgan fingerprint density at radius 2 is 1.81 bits per heavy atom. The lowest BCUT2D eigenvalue weighted by Gasteiger charge is -2.24. The zero-order valence-electron chi connectivity index (χ0n) is 10.0. The highest BCUT2D eigenvalue weighted by atomic mass is 35.5. The van der Waals surface area contributed by atoms with Gasteiger partial charge in [-0.15, -0.1) is 11.6 Å². The summed E-state index contributed by atoms with van der Waals surface area (Å²) in [6, 6.07) is 6.60. The summed E-state index contributed by atoms with van der Waals surface area (Å²) < 4.78 is 0. The van der Waals surface area contributed by atoms with Crippen LogP contribution in [0.2, 0.25) is 0 Å². The van der Waals surface area contributed by atoms with E-state index in [9.17, 15) is 0 Å². The third-order valence-corrected chi connectivity index (χ3v) is 3.67. The summed E-state index contributed by atoms with van der Waals surface area (Å²) in [5.74, 6) is 0.612. The van der Waals surface area contributed by atoms with Gasteiger partial charge in [0.25, 0.3) is 0 Å². The van der Waals surface area contributed by atoms with E-state index >= 15 is 0 Å². The van der Waals surface area contributed by atoms with Crippen molar-refractivity contribution in [3.8, 4) is 0 Å². The number of halogens is 1. The number of aryl methyl sites for hydroxylation is 1. The van der Waals surface area contributed by atoms with Gasteiger partial charge in [0, 0.05) is 24.7 Å². The summed E-state index contributed by atoms with van der Waals surface area (Å²) >= 11 is 5.85. The average Bonchev–Trinajstić information content (AvgIpc) is 2.57. The van der Waals surface area contributed by atoms with Gasteiger partial charge in [-0.3, -0.25) is 0 Å². The Kier molecular flexibility index (Phi) is 4.11. The molecule has 0 spiro atoms. The minimum Gasteiger partial charge on any atom is -0.371 e. The molecule has 88 valence electrons. The lowest BCUT2D eigenvalue weighted by molar-refractivity contribution is 0.726. The molecule has 16 heavy (non-hydrogen) atoms. The van der Waals surface area contributed by atoms with Crippen molar-refractivity contribution in [3.05, 3.63) is 29.3 Å². The Morgan fingerprint density at radius 3 is 2.38 bits per heavy atom. The Balaban J connectivity index is 2.18. The van der Waals surface area contributed by atoms with E-state index in [4.69, 9.17) is 11.6 Å². The highest BCUT2D eigenvalue weighted by molar-refractivity contribution is 6.17. The van der Waals surface area contributed by atoms with E-state index in [2.05, 4.69) is 30.0 Å². The van der Waals surface area contributed by atoms with Crippen LogP contribution in [0.1, 0.15) is 36.8 Å². The van der Waals surface area contributed by atoms with Crippen LogP contribution < -0.4 is 4.90 Å². The summed E-state index contributed by atoms with van der Waals surface area (Å²) in [6.45, 7) is 4.61. The molecule has 0 atom stereocenters.